The number of nitro groups is 1. The van der Waals surface area contributed by atoms with Crippen LogP contribution in [0.15, 0.2) is 6.20 Å². The Morgan fingerprint density at radius 1 is 1.57 bits per heavy atom. The Balaban J connectivity index is 3.45. The number of nitrogens with two attached hydrogens (primary N) is 1. The Bertz CT molecular complexity index is 383. The van der Waals surface area contributed by atoms with Gasteiger partial charge in [-0.25, -0.2) is 13.8 Å². The Morgan fingerprint density at radius 2 is 2.14 bits per heavy atom. The quantitative estimate of drug-likeness (QED) is 0.454. The van der Waals surface area contributed by atoms with Crippen molar-refractivity contribution in [2.75, 3.05) is 5.73 Å². The summed E-state index contributed by atoms with van der Waals surface area (Å²) in [4.78, 5) is 12.0. The van der Waals surface area contributed by atoms with Gasteiger partial charge in [-0.15, -0.1) is 0 Å². The maximum atomic E-state index is 12.6. The summed E-state index contributed by atoms with van der Waals surface area (Å²) < 4.78 is 37.1. The van der Waals surface area contributed by atoms with Crippen LogP contribution < -0.4 is 5.73 Å². The number of aromatic nitrogens is 1. The second-order valence-corrected chi connectivity index (χ2v) is 2.32. The maximum Gasteiger partial charge on any atom is 0.298 e. The Labute approximate surface area is 75.5 Å². The Kier molecular flexibility index (Phi) is 2.54. The van der Waals surface area contributed by atoms with Crippen molar-refractivity contribution in [2.24, 2.45) is 0 Å². The van der Waals surface area contributed by atoms with Gasteiger partial charge in [-0.05, 0) is 0 Å². The highest BCUT2D eigenvalue weighted by Gasteiger charge is 2.27. The molecule has 0 fully saturated rings. The molecule has 14 heavy (non-hydrogen) atoms. The van der Waals surface area contributed by atoms with E-state index in [1.165, 1.54) is 0 Å². The average Bonchev–Trinajstić information content (AvgIpc) is 2.08. The summed E-state index contributed by atoms with van der Waals surface area (Å²) in [5.74, 6) is -1.34. The second-order valence-electron chi connectivity index (χ2n) is 2.32. The first-order chi connectivity index (χ1) is 6.45. The lowest BCUT2D eigenvalue weighted by Gasteiger charge is -2.04. The van der Waals surface area contributed by atoms with E-state index >= 15 is 0 Å². The normalized spacial score (nSPS) is 10.6. The smallest absolute Gasteiger partial charge is 0.298 e. The van der Waals surface area contributed by atoms with Crippen molar-refractivity contribution in [3.63, 3.8) is 0 Å². The van der Waals surface area contributed by atoms with E-state index in [9.17, 15) is 23.3 Å². The molecular weight excluding hydrogens is 203 g/mol. The number of halogens is 3. The van der Waals surface area contributed by atoms with Crippen LogP contribution in [0, 0.1) is 16.1 Å². The molecule has 1 aromatic heterocycles. The monoisotopic (exact) mass is 207 g/mol. The van der Waals surface area contributed by atoms with Crippen molar-refractivity contribution in [3.8, 4) is 0 Å². The number of hydrogen-bond donors (Lipinski definition) is 1. The van der Waals surface area contributed by atoms with Gasteiger partial charge in [-0.2, -0.15) is 4.39 Å². The SMILES string of the molecule is Nc1c(F)ncc([N+](=O)[O-])c1C(F)F. The standard InChI is InChI=1S/C6H4F3N3O2/c7-5(8)3-2(12(13)14)1-11-6(9)4(3)10/h1,5H,10H2. The summed E-state index contributed by atoms with van der Waals surface area (Å²) in [6, 6.07) is 0. The first-order valence-electron chi connectivity index (χ1n) is 3.31. The molecule has 0 spiro atoms. The molecule has 0 saturated heterocycles. The molecule has 0 aliphatic carbocycles. The highest BCUT2D eigenvalue weighted by atomic mass is 19.3. The average molecular weight is 207 g/mol. The molecule has 0 unspecified atom stereocenters. The van der Waals surface area contributed by atoms with Crippen molar-refractivity contribution >= 4 is 11.4 Å². The highest BCUT2D eigenvalue weighted by molar-refractivity contribution is 5.56. The molecule has 0 atom stereocenters. The van der Waals surface area contributed by atoms with E-state index < -0.39 is 34.2 Å². The first kappa shape index (κ1) is 10.2. The molecule has 5 nitrogen and oxygen atoms in total. The fraction of sp³-hybridized carbons (Fsp3) is 0.167. The minimum atomic E-state index is -3.21. The van der Waals surface area contributed by atoms with Crippen LogP contribution in [0.1, 0.15) is 12.0 Å². The number of nitrogens with zero attached hydrogens (tertiary/aromatic N) is 2. The lowest BCUT2D eigenvalue weighted by Crippen LogP contribution is -2.05. The molecule has 1 aromatic rings. The van der Waals surface area contributed by atoms with E-state index in [0.717, 1.165) is 0 Å². The molecule has 0 amide bonds. The van der Waals surface area contributed by atoms with E-state index in [1.54, 1.807) is 0 Å². The molecule has 8 heteroatoms. The van der Waals surface area contributed by atoms with Crippen LogP contribution in [0.25, 0.3) is 0 Å². The van der Waals surface area contributed by atoms with Gasteiger partial charge < -0.3 is 5.73 Å². The van der Waals surface area contributed by atoms with Crippen molar-refractivity contribution in [1.29, 1.82) is 0 Å². The van der Waals surface area contributed by atoms with Crippen LogP contribution in [0.3, 0.4) is 0 Å². The third-order valence-corrected chi connectivity index (χ3v) is 1.50. The summed E-state index contributed by atoms with van der Waals surface area (Å²) in [7, 11) is 0. The van der Waals surface area contributed by atoms with Crippen LogP contribution in [-0.4, -0.2) is 9.91 Å². The summed E-state index contributed by atoms with van der Waals surface area (Å²) >= 11 is 0. The number of anilines is 1. The van der Waals surface area contributed by atoms with Gasteiger partial charge in [0.25, 0.3) is 12.1 Å². The van der Waals surface area contributed by atoms with Crippen molar-refractivity contribution < 1.29 is 18.1 Å². The van der Waals surface area contributed by atoms with E-state index in [2.05, 4.69) is 4.98 Å². The summed E-state index contributed by atoms with van der Waals surface area (Å²) in [5, 5.41) is 10.2. The van der Waals surface area contributed by atoms with E-state index in [1.807, 2.05) is 0 Å². The van der Waals surface area contributed by atoms with Gasteiger partial charge in [0.15, 0.2) is 0 Å². The fourth-order valence-corrected chi connectivity index (χ4v) is 0.881. The number of hydrogen-bond acceptors (Lipinski definition) is 4. The largest absolute Gasteiger partial charge is 0.394 e. The van der Waals surface area contributed by atoms with E-state index in [-0.39, 0.29) is 0 Å². The molecule has 0 aliphatic heterocycles. The topological polar surface area (TPSA) is 82.0 Å². The molecule has 1 heterocycles. The third kappa shape index (κ3) is 1.58. The number of nitrogen functional groups attached to an aromatic ring is 1. The van der Waals surface area contributed by atoms with E-state index in [0.29, 0.717) is 6.20 Å². The zero-order valence-corrected chi connectivity index (χ0v) is 6.58. The number of alkyl halides is 2. The lowest BCUT2D eigenvalue weighted by molar-refractivity contribution is -0.386. The predicted molar refractivity (Wildman–Crippen MR) is 40.2 cm³/mol. The van der Waals surface area contributed by atoms with Crippen LogP contribution in [0.5, 0.6) is 0 Å². The summed E-state index contributed by atoms with van der Waals surface area (Å²) in [6.45, 7) is 0. The molecule has 0 aromatic carbocycles. The van der Waals surface area contributed by atoms with Gasteiger partial charge in [0.05, 0.1) is 4.92 Å². The van der Waals surface area contributed by atoms with Crippen LogP contribution >= 0.6 is 0 Å². The zero-order chi connectivity index (χ0) is 10.9. The Hall–Kier alpha value is -1.86. The first-order valence-corrected chi connectivity index (χ1v) is 3.31. The Morgan fingerprint density at radius 3 is 2.57 bits per heavy atom. The van der Waals surface area contributed by atoms with Crippen molar-refractivity contribution in [2.45, 2.75) is 6.43 Å². The van der Waals surface area contributed by atoms with E-state index in [4.69, 9.17) is 5.73 Å². The minimum Gasteiger partial charge on any atom is -0.394 e. The maximum absolute atomic E-state index is 12.6. The van der Waals surface area contributed by atoms with Crippen LogP contribution in [0.4, 0.5) is 24.5 Å². The van der Waals surface area contributed by atoms with Crippen LogP contribution in [0.2, 0.25) is 0 Å². The van der Waals surface area contributed by atoms with Gasteiger partial charge in [-0.1, -0.05) is 0 Å². The summed E-state index contributed by atoms with van der Waals surface area (Å²) in [6.07, 6.45) is -2.81. The second kappa shape index (κ2) is 3.48. The predicted octanol–water partition coefficient (Wildman–Crippen LogP) is 1.65. The lowest BCUT2D eigenvalue weighted by atomic mass is 10.2. The van der Waals surface area contributed by atoms with Gasteiger partial charge in [0.1, 0.15) is 17.4 Å². The summed E-state index contributed by atoms with van der Waals surface area (Å²) in [5.41, 5.74) is 1.78. The van der Waals surface area contributed by atoms with Gasteiger partial charge >= 0.3 is 0 Å². The van der Waals surface area contributed by atoms with Gasteiger partial charge in [0, 0.05) is 0 Å². The van der Waals surface area contributed by atoms with Gasteiger partial charge in [0.2, 0.25) is 5.95 Å². The fourth-order valence-electron chi connectivity index (χ4n) is 0.881. The minimum absolute atomic E-state index is 0.410. The van der Waals surface area contributed by atoms with Crippen molar-refractivity contribution in [3.05, 3.63) is 27.8 Å². The molecule has 1 rings (SSSR count). The van der Waals surface area contributed by atoms with Crippen LogP contribution in [-0.2, 0) is 0 Å². The number of pyridine rings is 1. The molecule has 0 saturated carbocycles. The molecule has 2 N–H and O–H groups in total. The molecule has 0 aliphatic rings. The molecule has 0 bridgehead atoms. The van der Waals surface area contributed by atoms with Crippen molar-refractivity contribution in [1.82, 2.24) is 4.98 Å². The third-order valence-electron chi connectivity index (χ3n) is 1.50. The van der Waals surface area contributed by atoms with Gasteiger partial charge in [-0.3, -0.25) is 10.1 Å². The molecule has 76 valence electrons. The highest BCUT2D eigenvalue weighted by Crippen LogP contribution is 2.33. The zero-order valence-electron chi connectivity index (χ0n) is 6.58. The number of rotatable bonds is 2. The molecule has 0 radical (unpaired) electrons. The molecular formula is C6H4F3N3O2.